The molecule has 0 N–H and O–H groups in total. The van der Waals surface area contributed by atoms with E-state index >= 15 is 0 Å². The fraction of sp³-hybridized carbons (Fsp3) is 0.105. The van der Waals surface area contributed by atoms with E-state index in [1.165, 1.54) is 0 Å². The summed E-state index contributed by atoms with van der Waals surface area (Å²) >= 11 is 1.61. The van der Waals surface area contributed by atoms with Crippen LogP contribution in [-0.2, 0) is 6.61 Å². The lowest BCUT2D eigenvalue weighted by Gasteiger charge is -2.05. The fourth-order valence-corrected chi connectivity index (χ4v) is 2.74. The van der Waals surface area contributed by atoms with E-state index in [0.717, 1.165) is 22.0 Å². The molecule has 0 saturated heterocycles. The van der Waals surface area contributed by atoms with Crippen molar-refractivity contribution >= 4 is 23.0 Å². The first kappa shape index (κ1) is 15.9. The van der Waals surface area contributed by atoms with Gasteiger partial charge in [-0.15, -0.1) is 11.3 Å². The zero-order valence-corrected chi connectivity index (χ0v) is 14.0. The van der Waals surface area contributed by atoms with Crippen molar-refractivity contribution < 1.29 is 4.74 Å². The van der Waals surface area contributed by atoms with Crippen LogP contribution < -0.4 is 4.74 Å². The Balaban J connectivity index is 1.70. The maximum atomic E-state index is 9.32. The van der Waals surface area contributed by atoms with Gasteiger partial charge in [0, 0.05) is 11.6 Å². The molecule has 2 heterocycles. The van der Waals surface area contributed by atoms with Gasteiger partial charge in [-0.25, -0.2) is 4.98 Å². The second kappa shape index (κ2) is 7.53. The highest BCUT2D eigenvalue weighted by Crippen LogP contribution is 2.19. The van der Waals surface area contributed by atoms with Crippen molar-refractivity contribution in [1.82, 2.24) is 9.97 Å². The summed E-state index contributed by atoms with van der Waals surface area (Å²) in [5.41, 5.74) is 3.05. The number of hydrogen-bond donors (Lipinski definition) is 0. The molecular formula is C19H15N3OS. The van der Waals surface area contributed by atoms with Gasteiger partial charge in [-0.2, -0.15) is 5.26 Å². The predicted octanol–water partition coefficient (Wildman–Crippen LogP) is 4.49. The molecule has 1 aromatic carbocycles. The van der Waals surface area contributed by atoms with E-state index in [2.05, 4.69) is 16.0 Å². The Labute approximate surface area is 144 Å². The smallest absolute Gasteiger partial charge is 0.131 e. The van der Waals surface area contributed by atoms with Crippen LogP contribution in [0.2, 0.25) is 0 Å². The summed E-state index contributed by atoms with van der Waals surface area (Å²) in [5.74, 6) is 0.772. The van der Waals surface area contributed by atoms with Crippen molar-refractivity contribution in [3.05, 3.63) is 76.0 Å². The quantitative estimate of drug-likeness (QED) is 0.646. The van der Waals surface area contributed by atoms with Gasteiger partial charge in [-0.05, 0) is 42.8 Å². The third-order valence-corrected chi connectivity index (χ3v) is 4.13. The highest BCUT2D eigenvalue weighted by molar-refractivity contribution is 7.09. The lowest BCUT2D eigenvalue weighted by Crippen LogP contribution is -1.95. The lowest BCUT2D eigenvalue weighted by molar-refractivity contribution is 0.302. The van der Waals surface area contributed by atoms with Crippen LogP contribution in [0, 0.1) is 18.3 Å². The average molecular weight is 333 g/mol. The van der Waals surface area contributed by atoms with E-state index in [1.54, 1.807) is 17.5 Å². The van der Waals surface area contributed by atoms with Crippen molar-refractivity contribution in [3.8, 4) is 11.8 Å². The van der Waals surface area contributed by atoms with Gasteiger partial charge in [-0.1, -0.05) is 18.2 Å². The van der Waals surface area contributed by atoms with Gasteiger partial charge in [-0.3, -0.25) is 4.98 Å². The van der Waals surface area contributed by atoms with Crippen LogP contribution >= 0.6 is 11.3 Å². The Hall–Kier alpha value is -2.97. The number of nitriles is 1. The minimum atomic E-state index is 0.455. The average Bonchev–Trinajstić information content (AvgIpc) is 3.05. The normalized spacial score (nSPS) is 11.1. The van der Waals surface area contributed by atoms with E-state index in [4.69, 9.17) is 4.74 Å². The fourth-order valence-electron chi connectivity index (χ4n) is 2.14. The molecule has 0 aliphatic heterocycles. The third-order valence-electron chi connectivity index (χ3n) is 3.31. The molecule has 0 saturated carbocycles. The molecule has 0 radical (unpaired) electrons. The Morgan fingerprint density at radius 2 is 2.08 bits per heavy atom. The highest BCUT2D eigenvalue weighted by Gasteiger charge is 2.03. The summed E-state index contributed by atoms with van der Waals surface area (Å²) < 4.78 is 5.72. The summed E-state index contributed by atoms with van der Waals surface area (Å²) in [5, 5.41) is 12.4. The molecule has 0 bridgehead atoms. The second-order valence-electron chi connectivity index (χ2n) is 5.10. The summed E-state index contributed by atoms with van der Waals surface area (Å²) in [6.45, 7) is 2.43. The second-order valence-corrected chi connectivity index (χ2v) is 6.16. The molecule has 5 heteroatoms. The molecule has 0 spiro atoms. The van der Waals surface area contributed by atoms with Crippen molar-refractivity contribution in [1.29, 1.82) is 5.26 Å². The number of aryl methyl sites for hydroxylation is 1. The maximum absolute atomic E-state index is 9.32. The van der Waals surface area contributed by atoms with E-state index in [-0.39, 0.29) is 0 Å². The van der Waals surface area contributed by atoms with Crippen LogP contribution in [0.15, 0.2) is 54.0 Å². The van der Waals surface area contributed by atoms with E-state index < -0.39 is 0 Å². The highest BCUT2D eigenvalue weighted by atomic mass is 32.1. The first-order chi connectivity index (χ1) is 11.7. The van der Waals surface area contributed by atoms with Gasteiger partial charge in [0.1, 0.15) is 18.4 Å². The van der Waals surface area contributed by atoms with Gasteiger partial charge in [0.05, 0.1) is 22.0 Å². The molecule has 118 valence electrons. The van der Waals surface area contributed by atoms with Crippen LogP contribution in [-0.4, -0.2) is 9.97 Å². The molecular weight excluding hydrogens is 318 g/mol. The first-order valence-electron chi connectivity index (χ1n) is 7.41. The number of rotatable bonds is 5. The van der Waals surface area contributed by atoms with Crippen LogP contribution in [0.5, 0.6) is 5.75 Å². The van der Waals surface area contributed by atoms with E-state index in [1.807, 2.05) is 60.8 Å². The van der Waals surface area contributed by atoms with Crippen molar-refractivity contribution in [2.75, 3.05) is 0 Å². The Morgan fingerprint density at radius 1 is 1.25 bits per heavy atom. The third kappa shape index (κ3) is 4.06. The Kier molecular flexibility index (Phi) is 4.99. The van der Waals surface area contributed by atoms with Gasteiger partial charge in [0.2, 0.25) is 0 Å². The van der Waals surface area contributed by atoms with Crippen LogP contribution in [0.1, 0.15) is 22.0 Å². The molecule has 0 amide bonds. The van der Waals surface area contributed by atoms with Gasteiger partial charge in [0.15, 0.2) is 0 Å². The molecule has 24 heavy (non-hydrogen) atoms. The molecule has 3 aromatic rings. The molecule has 2 aromatic heterocycles. The predicted molar refractivity (Wildman–Crippen MR) is 95.3 cm³/mol. The molecule has 0 fully saturated rings. The zero-order valence-electron chi connectivity index (χ0n) is 13.1. The van der Waals surface area contributed by atoms with Crippen LogP contribution in [0.3, 0.4) is 0 Å². The van der Waals surface area contributed by atoms with Gasteiger partial charge in [0.25, 0.3) is 0 Å². The van der Waals surface area contributed by atoms with Crippen LogP contribution in [0.25, 0.3) is 11.6 Å². The summed E-state index contributed by atoms with van der Waals surface area (Å²) in [6, 6.07) is 15.3. The number of hydrogen-bond acceptors (Lipinski definition) is 5. The Bertz CT molecular complexity index is 877. The number of nitrogens with zero attached hydrogens (tertiary/aromatic N) is 3. The maximum Gasteiger partial charge on any atom is 0.131 e. The van der Waals surface area contributed by atoms with Gasteiger partial charge >= 0.3 is 0 Å². The number of benzene rings is 1. The summed E-state index contributed by atoms with van der Waals surface area (Å²) in [7, 11) is 0. The van der Waals surface area contributed by atoms with Crippen LogP contribution in [0.4, 0.5) is 0 Å². The Morgan fingerprint density at radius 3 is 2.71 bits per heavy atom. The molecule has 0 aliphatic carbocycles. The lowest BCUT2D eigenvalue weighted by atomic mass is 10.1. The minimum Gasteiger partial charge on any atom is -0.487 e. The number of ether oxygens (including phenoxy) is 1. The van der Waals surface area contributed by atoms with Crippen molar-refractivity contribution in [3.63, 3.8) is 0 Å². The van der Waals surface area contributed by atoms with Crippen molar-refractivity contribution in [2.24, 2.45) is 0 Å². The number of pyridine rings is 1. The monoisotopic (exact) mass is 333 g/mol. The van der Waals surface area contributed by atoms with Crippen molar-refractivity contribution in [2.45, 2.75) is 13.5 Å². The topological polar surface area (TPSA) is 58.8 Å². The minimum absolute atomic E-state index is 0.455. The summed E-state index contributed by atoms with van der Waals surface area (Å²) in [6.07, 6.45) is 3.49. The zero-order chi connectivity index (χ0) is 16.8. The number of aromatic nitrogens is 2. The van der Waals surface area contributed by atoms with E-state index in [9.17, 15) is 5.26 Å². The molecule has 0 unspecified atom stereocenters. The standard InChI is InChI=1S/C19H15N3OS/c1-14-22-17(13-24-14)12-23-18-7-5-15(6-8-18)10-16(11-20)19-4-2-3-9-21-19/h2-10,13H,12H2,1H3/b16-10+. The SMILES string of the molecule is Cc1nc(COc2ccc(/C=C(\C#N)c3ccccn3)cc2)cs1. The summed E-state index contributed by atoms with van der Waals surface area (Å²) in [4.78, 5) is 8.58. The molecule has 0 atom stereocenters. The number of thiazole rings is 1. The molecule has 3 rings (SSSR count). The molecule has 4 nitrogen and oxygen atoms in total. The van der Waals surface area contributed by atoms with E-state index in [0.29, 0.717) is 17.9 Å². The molecule has 0 aliphatic rings. The first-order valence-corrected chi connectivity index (χ1v) is 8.29. The number of allylic oxidation sites excluding steroid dienone is 1. The van der Waals surface area contributed by atoms with Gasteiger partial charge < -0.3 is 4.74 Å². The largest absolute Gasteiger partial charge is 0.487 e.